The number of hydrogen-bond acceptors (Lipinski definition) is 1. The summed E-state index contributed by atoms with van der Waals surface area (Å²) in [6, 6.07) is 0. The van der Waals surface area contributed by atoms with Crippen LogP contribution in [0.25, 0.3) is 0 Å². The van der Waals surface area contributed by atoms with Gasteiger partial charge in [0.05, 0.1) is 0 Å². The van der Waals surface area contributed by atoms with E-state index in [4.69, 9.17) is 0 Å². The Hall–Kier alpha value is -1.24. The zero-order valence-electron chi connectivity index (χ0n) is 8.09. The summed E-state index contributed by atoms with van der Waals surface area (Å²) in [6.07, 6.45) is 9.84. The second kappa shape index (κ2) is 6.47. The molecular weight excluding hydrogens is 146 g/mol. The maximum absolute atomic E-state index is 3.84. The van der Waals surface area contributed by atoms with Gasteiger partial charge in [0.1, 0.15) is 0 Å². The van der Waals surface area contributed by atoms with E-state index < -0.39 is 0 Å². The molecule has 0 aromatic heterocycles. The number of nitrogens with one attached hydrogen (secondary N) is 1. The Labute approximate surface area is 75.2 Å². The van der Waals surface area contributed by atoms with Crippen LogP contribution in [-0.4, -0.2) is 7.05 Å². The fourth-order valence-electron chi connectivity index (χ4n) is 0.558. The molecule has 0 atom stereocenters. The topological polar surface area (TPSA) is 12.0 Å². The maximum Gasteiger partial charge on any atom is 0.00277 e. The van der Waals surface area contributed by atoms with Gasteiger partial charge in [-0.05, 0) is 31.7 Å². The normalized spacial score (nSPS) is 12.8. The lowest BCUT2D eigenvalue weighted by Crippen LogP contribution is -1.89. The first-order valence-corrected chi connectivity index (χ1v) is 4.01. The molecule has 1 nitrogen and oxygen atoms in total. The van der Waals surface area contributed by atoms with Crippen LogP contribution in [0.4, 0.5) is 0 Å². The average molecular weight is 163 g/mol. The van der Waals surface area contributed by atoms with Gasteiger partial charge in [-0.3, -0.25) is 0 Å². The van der Waals surface area contributed by atoms with Crippen LogP contribution in [0.2, 0.25) is 0 Å². The highest BCUT2D eigenvalue weighted by atomic mass is 14.8. The summed E-state index contributed by atoms with van der Waals surface area (Å²) in [5.74, 6) is 0. The molecule has 0 aliphatic heterocycles. The first-order chi connectivity index (χ1) is 5.68. The Morgan fingerprint density at radius 2 is 1.83 bits per heavy atom. The quantitative estimate of drug-likeness (QED) is 0.628. The van der Waals surface area contributed by atoms with Gasteiger partial charge in [0, 0.05) is 7.05 Å². The summed E-state index contributed by atoms with van der Waals surface area (Å²) in [5.41, 5.74) is 2.32. The number of hydrogen-bond donors (Lipinski definition) is 1. The largest absolute Gasteiger partial charge is 0.394 e. The molecule has 0 saturated carbocycles. The van der Waals surface area contributed by atoms with Crippen molar-refractivity contribution in [2.45, 2.75) is 13.8 Å². The molecule has 1 N–H and O–H groups in total. The van der Waals surface area contributed by atoms with E-state index in [2.05, 4.69) is 18.8 Å². The highest BCUT2D eigenvalue weighted by Gasteiger charge is 1.83. The molecule has 1 heteroatoms. The molecule has 0 fully saturated rings. The van der Waals surface area contributed by atoms with Gasteiger partial charge in [0.15, 0.2) is 0 Å². The Morgan fingerprint density at radius 3 is 2.33 bits per heavy atom. The second-order valence-electron chi connectivity index (χ2n) is 2.66. The summed E-state index contributed by atoms with van der Waals surface area (Å²) in [6.45, 7) is 7.89. The fraction of sp³-hybridized carbons (Fsp3) is 0.273. The molecule has 0 radical (unpaired) electrons. The monoisotopic (exact) mass is 163 g/mol. The van der Waals surface area contributed by atoms with Gasteiger partial charge in [0.2, 0.25) is 0 Å². The number of rotatable bonds is 4. The van der Waals surface area contributed by atoms with E-state index in [1.165, 1.54) is 5.57 Å². The summed E-state index contributed by atoms with van der Waals surface area (Å²) in [7, 11) is 1.87. The molecule has 0 aliphatic carbocycles. The van der Waals surface area contributed by atoms with Gasteiger partial charge < -0.3 is 5.32 Å². The van der Waals surface area contributed by atoms with Gasteiger partial charge in [-0.25, -0.2) is 0 Å². The van der Waals surface area contributed by atoms with Crippen LogP contribution < -0.4 is 5.32 Å². The van der Waals surface area contributed by atoms with Gasteiger partial charge in [-0.1, -0.05) is 30.4 Å². The summed E-state index contributed by atoms with van der Waals surface area (Å²) >= 11 is 0. The van der Waals surface area contributed by atoms with Crippen molar-refractivity contribution in [1.82, 2.24) is 5.32 Å². The molecule has 0 aromatic carbocycles. The van der Waals surface area contributed by atoms with Gasteiger partial charge >= 0.3 is 0 Å². The summed E-state index contributed by atoms with van der Waals surface area (Å²) < 4.78 is 0. The van der Waals surface area contributed by atoms with Gasteiger partial charge in [0.25, 0.3) is 0 Å². The summed E-state index contributed by atoms with van der Waals surface area (Å²) in [4.78, 5) is 0. The second-order valence-corrected chi connectivity index (χ2v) is 2.66. The van der Waals surface area contributed by atoms with Crippen LogP contribution in [0, 0.1) is 0 Å². The SMILES string of the molecule is C=C(C)C(C)=CC=CC=CNC. The molecule has 0 amide bonds. The van der Waals surface area contributed by atoms with Crippen molar-refractivity contribution in [2.75, 3.05) is 7.05 Å². The van der Waals surface area contributed by atoms with Crippen molar-refractivity contribution in [1.29, 1.82) is 0 Å². The van der Waals surface area contributed by atoms with E-state index in [-0.39, 0.29) is 0 Å². The van der Waals surface area contributed by atoms with E-state index in [9.17, 15) is 0 Å². The van der Waals surface area contributed by atoms with Crippen LogP contribution in [0.15, 0.2) is 48.2 Å². The molecule has 0 aromatic rings. The molecule has 0 aliphatic rings. The first kappa shape index (κ1) is 10.8. The molecule has 0 spiro atoms. The predicted molar refractivity (Wildman–Crippen MR) is 55.9 cm³/mol. The Morgan fingerprint density at radius 1 is 1.17 bits per heavy atom. The fourth-order valence-corrected chi connectivity index (χ4v) is 0.558. The van der Waals surface area contributed by atoms with Gasteiger partial charge in [-0.2, -0.15) is 0 Å². The third-order valence-corrected chi connectivity index (χ3v) is 1.50. The molecule has 0 heterocycles. The maximum atomic E-state index is 3.84. The van der Waals surface area contributed by atoms with Crippen molar-refractivity contribution in [3.8, 4) is 0 Å². The van der Waals surface area contributed by atoms with Crippen LogP contribution in [0.5, 0.6) is 0 Å². The molecule has 0 bridgehead atoms. The zero-order valence-corrected chi connectivity index (χ0v) is 8.09. The van der Waals surface area contributed by atoms with Crippen molar-refractivity contribution >= 4 is 0 Å². The van der Waals surface area contributed by atoms with Gasteiger partial charge in [-0.15, -0.1) is 0 Å². The summed E-state index contributed by atoms with van der Waals surface area (Å²) in [5, 5.41) is 2.91. The Kier molecular flexibility index (Phi) is 5.80. The minimum Gasteiger partial charge on any atom is -0.394 e. The molecule has 0 unspecified atom stereocenters. The molecule has 12 heavy (non-hydrogen) atoms. The first-order valence-electron chi connectivity index (χ1n) is 4.01. The van der Waals surface area contributed by atoms with Crippen LogP contribution in [0.3, 0.4) is 0 Å². The van der Waals surface area contributed by atoms with Crippen LogP contribution >= 0.6 is 0 Å². The van der Waals surface area contributed by atoms with E-state index in [1.807, 2.05) is 44.5 Å². The third kappa shape index (κ3) is 5.54. The highest BCUT2D eigenvalue weighted by molar-refractivity contribution is 5.28. The van der Waals surface area contributed by atoms with Crippen molar-refractivity contribution in [3.63, 3.8) is 0 Å². The Balaban J connectivity index is 3.95. The third-order valence-electron chi connectivity index (χ3n) is 1.50. The lowest BCUT2D eigenvalue weighted by Gasteiger charge is -1.93. The van der Waals surface area contributed by atoms with E-state index in [1.54, 1.807) is 0 Å². The van der Waals surface area contributed by atoms with Crippen LogP contribution in [-0.2, 0) is 0 Å². The van der Waals surface area contributed by atoms with E-state index in [0.29, 0.717) is 0 Å². The molecular formula is C11H17N. The minimum atomic E-state index is 1.11. The van der Waals surface area contributed by atoms with Crippen molar-refractivity contribution in [2.24, 2.45) is 0 Å². The smallest absolute Gasteiger partial charge is 0.00277 e. The lowest BCUT2D eigenvalue weighted by molar-refractivity contribution is 1.10. The number of allylic oxidation sites excluding steroid dienone is 6. The molecule has 0 rings (SSSR count). The van der Waals surface area contributed by atoms with Crippen molar-refractivity contribution < 1.29 is 0 Å². The molecule has 0 saturated heterocycles. The van der Waals surface area contributed by atoms with E-state index >= 15 is 0 Å². The minimum absolute atomic E-state index is 1.11. The van der Waals surface area contributed by atoms with E-state index in [0.717, 1.165) is 5.57 Å². The lowest BCUT2D eigenvalue weighted by atomic mass is 10.1. The Bertz CT molecular complexity index is 219. The zero-order chi connectivity index (χ0) is 9.40. The van der Waals surface area contributed by atoms with Crippen molar-refractivity contribution in [3.05, 3.63) is 48.2 Å². The average Bonchev–Trinajstić information content (AvgIpc) is 2.03. The predicted octanol–water partition coefficient (Wildman–Crippen LogP) is 2.80. The highest BCUT2D eigenvalue weighted by Crippen LogP contribution is 2.04. The molecule has 66 valence electrons. The van der Waals surface area contributed by atoms with Crippen LogP contribution in [0.1, 0.15) is 13.8 Å². The standard InChI is InChI=1S/C11H17N/c1-10(2)11(3)8-6-5-7-9-12-4/h5-9,12H,1H2,2-4H3.